The van der Waals surface area contributed by atoms with E-state index in [9.17, 15) is 14.3 Å². The van der Waals surface area contributed by atoms with Gasteiger partial charge in [0, 0.05) is 6.04 Å². The molecule has 1 N–H and O–H groups in total. The van der Waals surface area contributed by atoms with Gasteiger partial charge in [0.25, 0.3) is 0 Å². The predicted molar refractivity (Wildman–Crippen MR) is 75.9 cm³/mol. The smallest absolute Gasteiger partial charge is 0.335 e. The van der Waals surface area contributed by atoms with Gasteiger partial charge in [-0.15, -0.1) is 0 Å². The van der Waals surface area contributed by atoms with Crippen molar-refractivity contribution in [3.05, 3.63) is 41.2 Å². The van der Waals surface area contributed by atoms with Crippen LogP contribution in [0.3, 0.4) is 0 Å². The Morgan fingerprint density at radius 1 is 1.38 bits per heavy atom. The Bertz CT molecular complexity index is 596. The van der Waals surface area contributed by atoms with Gasteiger partial charge >= 0.3 is 5.97 Å². The van der Waals surface area contributed by atoms with Gasteiger partial charge in [0.2, 0.25) is 0 Å². The minimum atomic E-state index is -0.577. The molecule has 112 valence electrons. The summed E-state index contributed by atoms with van der Waals surface area (Å²) < 4.78 is 18.0. The molecule has 1 saturated heterocycles. The first-order valence-electron chi connectivity index (χ1n) is 7.00. The molecule has 0 spiro atoms. The average Bonchev–Trinajstić information content (AvgIpc) is 2.66. The fourth-order valence-corrected chi connectivity index (χ4v) is 3.50. The van der Waals surface area contributed by atoms with Gasteiger partial charge in [-0.3, -0.25) is 4.90 Å². The van der Waals surface area contributed by atoms with Crippen LogP contribution in [0.1, 0.15) is 18.4 Å². The highest BCUT2D eigenvalue weighted by atomic mass is 19.1. The molecule has 3 rings (SSSR count). The Hall–Kier alpha value is -1.72. The zero-order valence-electron chi connectivity index (χ0n) is 12.0. The van der Waals surface area contributed by atoms with Gasteiger partial charge in [-0.05, 0) is 43.2 Å². The molecule has 1 aromatic carbocycles. The van der Waals surface area contributed by atoms with Gasteiger partial charge in [0.1, 0.15) is 5.82 Å². The van der Waals surface area contributed by atoms with Gasteiger partial charge in [-0.2, -0.15) is 0 Å². The number of likely N-dealkylation sites (N-methyl/N-ethyl adjacent to an activating group) is 1. The lowest BCUT2D eigenvalue weighted by molar-refractivity contribution is -0.137. The minimum Gasteiger partial charge on any atom is -0.466 e. The van der Waals surface area contributed by atoms with E-state index in [1.54, 1.807) is 12.1 Å². The summed E-state index contributed by atoms with van der Waals surface area (Å²) in [6.45, 7) is 0. The maximum absolute atomic E-state index is 13.1. The van der Waals surface area contributed by atoms with Crippen molar-refractivity contribution < 1.29 is 19.0 Å². The molecule has 2 aliphatic heterocycles. The van der Waals surface area contributed by atoms with Crippen molar-refractivity contribution in [2.45, 2.75) is 31.0 Å². The molecule has 2 unspecified atom stereocenters. The van der Waals surface area contributed by atoms with Crippen LogP contribution in [0, 0.1) is 5.82 Å². The van der Waals surface area contributed by atoms with Crippen molar-refractivity contribution in [1.29, 1.82) is 0 Å². The van der Waals surface area contributed by atoms with Gasteiger partial charge in [0.15, 0.2) is 0 Å². The maximum atomic E-state index is 13.1. The highest BCUT2D eigenvalue weighted by Gasteiger charge is 2.47. The number of ether oxygens (including phenoxy) is 1. The number of esters is 1. The fraction of sp³-hybridized carbons (Fsp3) is 0.438. The molecule has 0 radical (unpaired) electrons. The molecule has 2 heterocycles. The molecule has 0 saturated carbocycles. The van der Waals surface area contributed by atoms with Crippen molar-refractivity contribution in [1.82, 2.24) is 4.90 Å². The number of benzene rings is 1. The summed E-state index contributed by atoms with van der Waals surface area (Å²) in [7, 11) is 3.25. The quantitative estimate of drug-likeness (QED) is 0.841. The molecule has 1 fully saturated rings. The third kappa shape index (κ3) is 2.26. The highest BCUT2D eigenvalue weighted by Crippen LogP contribution is 2.42. The summed E-state index contributed by atoms with van der Waals surface area (Å²) in [6, 6.07) is 5.95. The monoisotopic (exact) mass is 291 g/mol. The third-order valence-electron chi connectivity index (χ3n) is 4.55. The van der Waals surface area contributed by atoms with E-state index in [2.05, 4.69) is 0 Å². The zero-order chi connectivity index (χ0) is 15.1. The SMILES string of the molecule is COC(=O)C1=C(c2ccc(F)cc2)CC2C[C@@H](O)C1N2C. The van der Waals surface area contributed by atoms with Gasteiger partial charge < -0.3 is 9.84 Å². The number of methoxy groups -OCH3 is 1. The maximum Gasteiger partial charge on any atom is 0.335 e. The normalized spacial score (nSPS) is 28.9. The number of carbonyl (C=O) groups excluding carboxylic acids is 1. The molecule has 0 aliphatic carbocycles. The van der Waals surface area contributed by atoms with Gasteiger partial charge in [-0.25, -0.2) is 9.18 Å². The second-order valence-corrected chi connectivity index (χ2v) is 5.66. The van der Waals surface area contributed by atoms with E-state index in [0.29, 0.717) is 18.4 Å². The summed E-state index contributed by atoms with van der Waals surface area (Å²) in [5.41, 5.74) is 2.16. The van der Waals surface area contributed by atoms with E-state index < -0.39 is 12.1 Å². The molecule has 5 heteroatoms. The van der Waals surface area contributed by atoms with Crippen LogP contribution in [-0.4, -0.2) is 48.3 Å². The van der Waals surface area contributed by atoms with Crippen molar-refractivity contribution >= 4 is 11.5 Å². The van der Waals surface area contributed by atoms with E-state index in [1.807, 2.05) is 11.9 Å². The molecular formula is C16H18FNO3. The van der Waals surface area contributed by atoms with Crippen LogP contribution >= 0.6 is 0 Å². The largest absolute Gasteiger partial charge is 0.466 e. The van der Waals surface area contributed by atoms with E-state index in [1.165, 1.54) is 19.2 Å². The number of rotatable bonds is 2. The highest BCUT2D eigenvalue weighted by molar-refractivity contribution is 6.00. The minimum absolute atomic E-state index is 0.193. The lowest BCUT2D eigenvalue weighted by Crippen LogP contribution is -2.43. The van der Waals surface area contributed by atoms with E-state index in [4.69, 9.17) is 4.74 Å². The first kappa shape index (κ1) is 14.2. The van der Waals surface area contributed by atoms with Crippen LogP contribution < -0.4 is 0 Å². The lowest BCUT2D eigenvalue weighted by Gasteiger charge is -2.34. The molecule has 21 heavy (non-hydrogen) atoms. The number of aliphatic hydroxyl groups is 1. The summed E-state index contributed by atoms with van der Waals surface area (Å²) >= 11 is 0. The zero-order valence-corrected chi connectivity index (χ0v) is 12.0. The second-order valence-electron chi connectivity index (χ2n) is 5.66. The predicted octanol–water partition coefficient (Wildman–Crippen LogP) is 1.59. The van der Waals surface area contributed by atoms with Crippen molar-refractivity contribution in [2.24, 2.45) is 0 Å². The Morgan fingerprint density at radius 2 is 2.05 bits per heavy atom. The molecule has 1 aromatic rings. The van der Waals surface area contributed by atoms with Crippen LogP contribution in [-0.2, 0) is 9.53 Å². The number of hydrogen-bond donors (Lipinski definition) is 1. The molecule has 3 atom stereocenters. The molecule has 2 aliphatic rings. The van der Waals surface area contributed by atoms with Gasteiger partial charge in [0.05, 0.1) is 24.8 Å². The number of carbonyl (C=O) groups is 1. The first-order chi connectivity index (χ1) is 10.0. The number of halogens is 1. The van der Waals surface area contributed by atoms with Crippen molar-refractivity contribution in [3.63, 3.8) is 0 Å². The van der Waals surface area contributed by atoms with Crippen molar-refractivity contribution in [3.8, 4) is 0 Å². The third-order valence-corrected chi connectivity index (χ3v) is 4.55. The average molecular weight is 291 g/mol. The summed E-state index contributed by atoms with van der Waals surface area (Å²) in [6.07, 6.45) is 0.707. The lowest BCUT2D eigenvalue weighted by atomic mass is 9.88. The summed E-state index contributed by atoms with van der Waals surface area (Å²) in [4.78, 5) is 14.2. The standard InChI is InChI=1S/C16H18FNO3/c1-18-11-7-12(9-3-5-10(17)6-4-9)14(16(20)21-2)15(18)13(19)8-11/h3-6,11,13,15,19H,7-8H2,1-2H3/t11?,13-,15?/m1/s1. The van der Waals surface area contributed by atoms with Crippen LogP contribution in [0.5, 0.6) is 0 Å². The molecule has 0 aromatic heterocycles. The number of fused-ring (bicyclic) bond motifs is 2. The topological polar surface area (TPSA) is 49.8 Å². The van der Waals surface area contributed by atoms with Crippen molar-refractivity contribution in [2.75, 3.05) is 14.2 Å². The van der Waals surface area contributed by atoms with Crippen LogP contribution in [0.4, 0.5) is 4.39 Å². The van der Waals surface area contributed by atoms with Gasteiger partial charge in [-0.1, -0.05) is 12.1 Å². The Balaban J connectivity index is 2.13. The Morgan fingerprint density at radius 3 is 2.67 bits per heavy atom. The number of nitrogens with zero attached hydrogens (tertiary/aromatic N) is 1. The van der Waals surface area contributed by atoms with Crippen LogP contribution in [0.2, 0.25) is 0 Å². The Kier molecular flexibility index (Phi) is 3.55. The fourth-order valence-electron chi connectivity index (χ4n) is 3.50. The molecule has 0 amide bonds. The molecular weight excluding hydrogens is 273 g/mol. The Labute approximate surface area is 122 Å². The molecule has 4 nitrogen and oxygen atoms in total. The van der Waals surface area contributed by atoms with Crippen LogP contribution in [0.15, 0.2) is 29.8 Å². The second kappa shape index (κ2) is 5.24. The first-order valence-corrected chi connectivity index (χ1v) is 7.00. The summed E-state index contributed by atoms with van der Waals surface area (Å²) in [5.74, 6) is -0.736. The summed E-state index contributed by atoms with van der Waals surface area (Å²) in [5, 5.41) is 10.2. The van der Waals surface area contributed by atoms with E-state index >= 15 is 0 Å². The van der Waals surface area contributed by atoms with E-state index in [0.717, 1.165) is 11.1 Å². The number of hydrogen-bond acceptors (Lipinski definition) is 4. The number of aliphatic hydroxyl groups excluding tert-OH is 1. The molecule has 2 bridgehead atoms. The van der Waals surface area contributed by atoms with E-state index in [-0.39, 0.29) is 17.9 Å². The van der Waals surface area contributed by atoms with Crippen LogP contribution in [0.25, 0.3) is 5.57 Å².